The number of halogens is 4. The molecule has 1 amide bonds. The number of benzene rings is 1. The number of nitrogens with two attached hydrogens (primary N) is 1. The minimum absolute atomic E-state index is 0.0403. The molecule has 7 nitrogen and oxygen atoms in total. The molecule has 0 saturated heterocycles. The highest BCUT2D eigenvalue weighted by atomic mass is 19.4. The summed E-state index contributed by atoms with van der Waals surface area (Å²) in [6.07, 6.45) is -0.237. The minimum Gasteiger partial charge on any atom is -0.481 e. The van der Waals surface area contributed by atoms with Crippen molar-refractivity contribution >= 4 is 17.4 Å². The molecule has 0 aliphatic rings. The summed E-state index contributed by atoms with van der Waals surface area (Å²) in [5.41, 5.74) is 8.03. The van der Waals surface area contributed by atoms with Crippen LogP contribution in [0.25, 0.3) is 5.57 Å². The van der Waals surface area contributed by atoms with Crippen molar-refractivity contribution in [1.29, 1.82) is 0 Å². The number of hydrogen-bond acceptors (Lipinski definition) is 4. The number of alkyl halides is 3. The lowest BCUT2D eigenvalue weighted by molar-refractivity contribution is -0.138. The summed E-state index contributed by atoms with van der Waals surface area (Å²) < 4.78 is 54.2. The molecule has 1 aromatic heterocycles. The smallest absolute Gasteiger partial charge is 0.416 e. The summed E-state index contributed by atoms with van der Waals surface area (Å²) >= 11 is 0. The number of carbonyl (C=O) groups excluding carboxylic acids is 1. The van der Waals surface area contributed by atoms with Gasteiger partial charge in [-0.3, -0.25) is 14.4 Å². The molecule has 2 rings (SSSR count). The normalized spacial score (nSPS) is 12.9. The third-order valence-corrected chi connectivity index (χ3v) is 6.53. The molecule has 0 fully saturated rings. The van der Waals surface area contributed by atoms with Crippen LogP contribution >= 0.6 is 0 Å². The lowest BCUT2D eigenvalue weighted by Crippen LogP contribution is -2.35. The summed E-state index contributed by atoms with van der Waals surface area (Å²) in [6, 6.07) is 5.48. The van der Waals surface area contributed by atoms with E-state index in [1.165, 1.54) is 6.08 Å². The van der Waals surface area contributed by atoms with Crippen molar-refractivity contribution in [2.75, 3.05) is 13.6 Å². The summed E-state index contributed by atoms with van der Waals surface area (Å²) in [4.78, 5) is 34.2. The first-order valence-corrected chi connectivity index (χ1v) is 14.2. The van der Waals surface area contributed by atoms with Crippen LogP contribution < -0.4 is 16.6 Å². The van der Waals surface area contributed by atoms with Gasteiger partial charge in [-0.2, -0.15) is 13.2 Å². The summed E-state index contributed by atoms with van der Waals surface area (Å²) in [5, 5.41) is 11.4. The van der Waals surface area contributed by atoms with Gasteiger partial charge in [0.25, 0.3) is 5.56 Å². The van der Waals surface area contributed by atoms with Crippen LogP contribution in [0.15, 0.2) is 65.4 Å². The monoisotopic (exact) mass is 621 g/mol. The van der Waals surface area contributed by atoms with Gasteiger partial charge >= 0.3 is 12.1 Å². The average molecular weight is 622 g/mol. The lowest BCUT2D eigenvalue weighted by atomic mass is 9.93. The molecule has 1 unspecified atom stereocenters. The van der Waals surface area contributed by atoms with Crippen LogP contribution in [0, 0.1) is 19.8 Å². The first kappa shape index (κ1) is 38.0. The fourth-order valence-electron chi connectivity index (χ4n) is 4.56. The molecule has 44 heavy (non-hydrogen) atoms. The predicted molar refractivity (Wildman–Crippen MR) is 166 cm³/mol. The zero-order chi connectivity index (χ0) is 33.8. The van der Waals surface area contributed by atoms with Crippen LogP contribution in [0.3, 0.4) is 0 Å². The van der Waals surface area contributed by atoms with Gasteiger partial charge in [-0.15, -0.1) is 0 Å². The number of aliphatic carboxylic acids is 1. The van der Waals surface area contributed by atoms with Gasteiger partial charge in [-0.25, -0.2) is 4.39 Å². The van der Waals surface area contributed by atoms with Gasteiger partial charge in [0.2, 0.25) is 5.91 Å². The van der Waals surface area contributed by atoms with E-state index in [2.05, 4.69) is 11.9 Å². The van der Waals surface area contributed by atoms with Crippen molar-refractivity contribution in [3.8, 4) is 0 Å². The van der Waals surface area contributed by atoms with Crippen LogP contribution in [-0.4, -0.2) is 35.1 Å². The topological polar surface area (TPSA) is 114 Å². The number of aromatic nitrogens is 1. The Morgan fingerprint density at radius 3 is 2.18 bits per heavy atom. The first-order chi connectivity index (χ1) is 20.4. The highest BCUT2D eigenvalue weighted by molar-refractivity contribution is 5.80. The maximum absolute atomic E-state index is 13.9. The Balaban J connectivity index is 0.000000442. The number of carboxylic acids is 1. The zero-order valence-corrected chi connectivity index (χ0v) is 26.1. The number of hydrogen-bond donors (Lipinski definition) is 3. The quantitative estimate of drug-likeness (QED) is 0.171. The van der Waals surface area contributed by atoms with Gasteiger partial charge in [-0.1, -0.05) is 50.3 Å². The van der Waals surface area contributed by atoms with E-state index in [-0.39, 0.29) is 37.2 Å². The highest BCUT2D eigenvalue weighted by Gasteiger charge is 2.35. The van der Waals surface area contributed by atoms with Crippen molar-refractivity contribution in [3.63, 3.8) is 0 Å². The van der Waals surface area contributed by atoms with E-state index in [1.807, 2.05) is 58.9 Å². The van der Waals surface area contributed by atoms with Gasteiger partial charge in [0.05, 0.1) is 12.0 Å². The van der Waals surface area contributed by atoms with Crippen LogP contribution in [0.1, 0.15) is 73.9 Å². The van der Waals surface area contributed by atoms with E-state index in [1.54, 1.807) is 7.05 Å². The molecule has 1 aromatic carbocycles. The van der Waals surface area contributed by atoms with E-state index in [0.717, 1.165) is 38.6 Å². The van der Waals surface area contributed by atoms with Crippen molar-refractivity contribution in [3.05, 3.63) is 98.8 Å². The molecule has 242 valence electrons. The maximum Gasteiger partial charge on any atom is 0.416 e. The number of carbonyl (C=O) groups is 2. The first-order valence-electron chi connectivity index (χ1n) is 14.2. The molecule has 2 aromatic rings. The average Bonchev–Trinajstić information content (AvgIpc) is 2.89. The van der Waals surface area contributed by atoms with E-state index in [0.29, 0.717) is 12.6 Å². The molecular weight excluding hydrogens is 578 g/mol. The second-order valence-corrected chi connectivity index (χ2v) is 11.1. The number of pyridine rings is 1. The van der Waals surface area contributed by atoms with Crippen LogP contribution in [0.2, 0.25) is 0 Å². The Hall–Kier alpha value is -3.99. The number of rotatable bonds is 13. The number of primary amides is 1. The largest absolute Gasteiger partial charge is 0.481 e. The van der Waals surface area contributed by atoms with E-state index in [9.17, 15) is 31.9 Å². The highest BCUT2D eigenvalue weighted by Crippen LogP contribution is 2.32. The van der Waals surface area contributed by atoms with Crippen molar-refractivity contribution in [2.24, 2.45) is 11.7 Å². The lowest BCUT2D eigenvalue weighted by Gasteiger charge is -2.21. The molecule has 0 aliphatic carbocycles. The van der Waals surface area contributed by atoms with Gasteiger partial charge in [0.1, 0.15) is 11.9 Å². The molecule has 1 atom stereocenters. The Kier molecular flexibility index (Phi) is 15.0. The van der Waals surface area contributed by atoms with Crippen molar-refractivity contribution in [1.82, 2.24) is 9.88 Å². The van der Waals surface area contributed by atoms with Gasteiger partial charge in [0.15, 0.2) is 0 Å². The molecule has 1 heterocycles. The van der Waals surface area contributed by atoms with E-state index in [4.69, 9.17) is 10.8 Å². The summed E-state index contributed by atoms with van der Waals surface area (Å²) in [6.45, 7) is 13.6. The summed E-state index contributed by atoms with van der Waals surface area (Å²) in [5.74, 6) is -2.12. The fraction of sp³-hybridized carbons (Fsp3) is 0.424. The molecule has 4 N–H and O–H groups in total. The Bertz CT molecular complexity index is 1420. The molecule has 0 radical (unpaired) electrons. The molecular formula is C33H43F4N3O4. The second kappa shape index (κ2) is 17.3. The van der Waals surface area contributed by atoms with Crippen LogP contribution in [0.5, 0.6) is 0 Å². The number of likely N-dealkylation sites (N-methyl/N-ethyl adjacent to an activating group) is 1. The van der Waals surface area contributed by atoms with Gasteiger partial charge in [0, 0.05) is 18.7 Å². The maximum atomic E-state index is 13.9. The third kappa shape index (κ3) is 12.3. The van der Waals surface area contributed by atoms with E-state index < -0.39 is 41.0 Å². The predicted octanol–water partition coefficient (Wildman–Crippen LogP) is 6.68. The van der Waals surface area contributed by atoms with Crippen LogP contribution in [-0.2, 0) is 22.2 Å². The number of aryl methyl sites for hydroxylation is 2. The molecule has 0 bridgehead atoms. The molecule has 0 aliphatic heterocycles. The molecule has 11 heteroatoms. The van der Waals surface area contributed by atoms with Gasteiger partial charge in [-0.05, 0) is 87.0 Å². The number of carboxylic acid groups (broad SMARTS) is 1. The Morgan fingerprint density at radius 2 is 1.73 bits per heavy atom. The van der Waals surface area contributed by atoms with Crippen molar-refractivity contribution < 1.29 is 32.3 Å². The number of amides is 1. The molecule has 0 spiro atoms. The molecule has 0 saturated carbocycles. The van der Waals surface area contributed by atoms with Gasteiger partial charge < -0.3 is 20.7 Å². The van der Waals surface area contributed by atoms with E-state index >= 15 is 0 Å². The SMILES string of the molecule is C=C(C)/C=C(\C=C(/F)CCC(=O)O)c1c(C)cccc1C.CNCCc1cn(C(CC(C)C)C(N)=O)c(=O)cc1C(F)(F)F. The number of allylic oxidation sites excluding steroid dienone is 5. The van der Waals surface area contributed by atoms with Crippen LogP contribution in [0.4, 0.5) is 17.6 Å². The third-order valence-electron chi connectivity index (χ3n) is 6.53. The zero-order valence-electron chi connectivity index (χ0n) is 26.1. The summed E-state index contributed by atoms with van der Waals surface area (Å²) in [7, 11) is 1.62. The Labute approximate surface area is 256 Å². The number of nitrogens with one attached hydrogen (secondary N) is 1. The fourth-order valence-corrected chi connectivity index (χ4v) is 4.56. The van der Waals surface area contributed by atoms with Crippen molar-refractivity contribution in [2.45, 2.75) is 72.5 Å². The standard InChI is InChI=1S/C18H21FO2.C15H22F3N3O2/c1-12(2)10-15(11-16(19)8-9-17(20)21)18-13(3)6-5-7-14(18)4;1-9(2)6-12(14(19)23)21-8-10(4-5-20-3)11(7-13(21)22)15(16,17)18/h5-7,10-11H,1,8-9H2,2-4H3,(H,20,21);7-9,12,20H,4-6H2,1-3H3,(H2,19,23)/b15-10+,16-11-;. The second-order valence-electron chi connectivity index (χ2n) is 11.1. The number of nitrogens with zero attached hydrogens (tertiary/aromatic N) is 1. The minimum atomic E-state index is -4.62. The Morgan fingerprint density at radius 1 is 1.14 bits per heavy atom.